The van der Waals surface area contributed by atoms with E-state index in [0.29, 0.717) is 16.0 Å². The lowest BCUT2D eigenvalue weighted by Crippen LogP contribution is -2.17. The molecule has 9 heteroatoms. The molecule has 0 aliphatic rings. The molecular weight excluding hydrogens is 450 g/mol. The standard InChI is InChI=1S/C18H17BrClN5OS/c1-10-11(2)15(8-7-14(10)19)22-16(26)9-27-18-24-23-17(25(18)21)12-3-5-13(20)6-4-12/h3-8H,9,21H2,1-2H3,(H,22,26). The molecule has 6 nitrogen and oxygen atoms in total. The monoisotopic (exact) mass is 465 g/mol. The largest absolute Gasteiger partial charge is 0.335 e. The highest BCUT2D eigenvalue weighted by Gasteiger charge is 2.14. The zero-order chi connectivity index (χ0) is 19.6. The van der Waals surface area contributed by atoms with Gasteiger partial charge in [0.05, 0.1) is 5.75 Å². The third kappa shape index (κ3) is 4.45. The topological polar surface area (TPSA) is 85.8 Å². The maximum Gasteiger partial charge on any atom is 0.234 e. The minimum atomic E-state index is -0.138. The van der Waals surface area contributed by atoms with Gasteiger partial charge >= 0.3 is 0 Å². The van der Waals surface area contributed by atoms with Crippen LogP contribution in [0.3, 0.4) is 0 Å². The van der Waals surface area contributed by atoms with Crippen molar-refractivity contribution in [3.8, 4) is 11.4 Å². The Balaban J connectivity index is 1.66. The van der Waals surface area contributed by atoms with Gasteiger partial charge in [-0.25, -0.2) is 4.68 Å². The molecule has 1 aromatic heterocycles. The van der Waals surface area contributed by atoms with E-state index in [9.17, 15) is 4.79 Å². The Bertz CT molecular complexity index is 990. The third-order valence-electron chi connectivity index (χ3n) is 4.09. The summed E-state index contributed by atoms with van der Waals surface area (Å²) in [4.78, 5) is 12.3. The predicted molar refractivity (Wildman–Crippen MR) is 114 cm³/mol. The van der Waals surface area contributed by atoms with Gasteiger partial charge in [-0.15, -0.1) is 10.2 Å². The number of nitrogens with one attached hydrogen (secondary N) is 1. The van der Waals surface area contributed by atoms with E-state index in [1.807, 2.05) is 38.1 Å². The van der Waals surface area contributed by atoms with E-state index in [1.165, 1.54) is 16.4 Å². The Labute approximate surface area is 174 Å². The number of nitrogens with zero attached hydrogens (tertiary/aromatic N) is 3. The lowest BCUT2D eigenvalue weighted by molar-refractivity contribution is -0.113. The number of aromatic nitrogens is 3. The minimum Gasteiger partial charge on any atom is -0.335 e. The highest BCUT2D eigenvalue weighted by Crippen LogP contribution is 2.27. The van der Waals surface area contributed by atoms with Crippen LogP contribution in [0.2, 0.25) is 5.02 Å². The summed E-state index contributed by atoms with van der Waals surface area (Å²) in [5.41, 5.74) is 3.70. The number of amides is 1. The first-order chi connectivity index (χ1) is 12.9. The second-order valence-electron chi connectivity index (χ2n) is 5.86. The maximum atomic E-state index is 12.3. The minimum absolute atomic E-state index is 0.138. The molecule has 2 aromatic carbocycles. The van der Waals surface area contributed by atoms with Crippen LogP contribution in [0.1, 0.15) is 11.1 Å². The molecule has 3 N–H and O–H groups in total. The molecule has 0 atom stereocenters. The van der Waals surface area contributed by atoms with Crippen molar-refractivity contribution in [3.05, 3.63) is 57.0 Å². The molecule has 0 radical (unpaired) electrons. The first-order valence-electron chi connectivity index (χ1n) is 8.01. The van der Waals surface area contributed by atoms with Gasteiger partial charge in [0.15, 0.2) is 5.82 Å². The Hall–Kier alpha value is -2.03. The van der Waals surface area contributed by atoms with Gasteiger partial charge in [-0.05, 0) is 61.4 Å². The van der Waals surface area contributed by atoms with Crippen molar-refractivity contribution < 1.29 is 4.79 Å². The number of carbonyl (C=O) groups excluding carboxylic acids is 1. The Morgan fingerprint density at radius 3 is 2.59 bits per heavy atom. The number of nitrogens with two attached hydrogens (primary N) is 1. The summed E-state index contributed by atoms with van der Waals surface area (Å²) in [6.45, 7) is 3.97. The Morgan fingerprint density at radius 1 is 1.19 bits per heavy atom. The smallest absolute Gasteiger partial charge is 0.234 e. The number of hydrogen-bond donors (Lipinski definition) is 2. The van der Waals surface area contributed by atoms with E-state index in [0.717, 1.165) is 26.9 Å². The van der Waals surface area contributed by atoms with Gasteiger partial charge in [-0.1, -0.05) is 39.3 Å². The zero-order valence-corrected chi connectivity index (χ0v) is 17.8. The average Bonchev–Trinajstić information content (AvgIpc) is 3.02. The van der Waals surface area contributed by atoms with Gasteiger partial charge in [0.1, 0.15) is 0 Å². The third-order valence-corrected chi connectivity index (χ3v) is 6.15. The van der Waals surface area contributed by atoms with Crippen LogP contribution in [-0.2, 0) is 4.79 Å². The lowest BCUT2D eigenvalue weighted by Gasteiger charge is -2.11. The van der Waals surface area contributed by atoms with Gasteiger partial charge in [0.25, 0.3) is 0 Å². The van der Waals surface area contributed by atoms with Crippen LogP contribution in [0.5, 0.6) is 0 Å². The van der Waals surface area contributed by atoms with Gasteiger partial charge in [0, 0.05) is 20.7 Å². The predicted octanol–water partition coefficient (Wildman–Crippen LogP) is 4.42. The fourth-order valence-electron chi connectivity index (χ4n) is 2.41. The highest BCUT2D eigenvalue weighted by atomic mass is 79.9. The van der Waals surface area contributed by atoms with Crippen LogP contribution < -0.4 is 11.2 Å². The van der Waals surface area contributed by atoms with E-state index in [-0.39, 0.29) is 11.7 Å². The first-order valence-corrected chi connectivity index (χ1v) is 10.2. The van der Waals surface area contributed by atoms with Crippen LogP contribution in [0.15, 0.2) is 46.0 Å². The molecule has 0 spiro atoms. The SMILES string of the molecule is Cc1c(Br)ccc(NC(=O)CSc2nnc(-c3ccc(Cl)cc3)n2N)c1C. The summed E-state index contributed by atoms with van der Waals surface area (Å²) in [6, 6.07) is 10.9. The van der Waals surface area contributed by atoms with E-state index in [2.05, 4.69) is 31.4 Å². The molecule has 1 amide bonds. The lowest BCUT2D eigenvalue weighted by atomic mass is 10.1. The second kappa shape index (κ2) is 8.33. The van der Waals surface area contributed by atoms with Crippen molar-refractivity contribution in [2.24, 2.45) is 0 Å². The molecule has 0 saturated heterocycles. The molecule has 0 unspecified atom stereocenters. The quantitative estimate of drug-likeness (QED) is 0.429. The Morgan fingerprint density at radius 2 is 1.89 bits per heavy atom. The van der Waals surface area contributed by atoms with Crippen LogP contribution in [-0.4, -0.2) is 26.5 Å². The molecule has 3 aromatic rings. The number of nitrogen functional groups attached to an aromatic ring is 1. The summed E-state index contributed by atoms with van der Waals surface area (Å²) in [7, 11) is 0. The van der Waals surface area contributed by atoms with Crippen molar-refractivity contribution in [2.45, 2.75) is 19.0 Å². The van der Waals surface area contributed by atoms with Crippen LogP contribution in [0.4, 0.5) is 5.69 Å². The average molecular weight is 467 g/mol. The zero-order valence-electron chi connectivity index (χ0n) is 14.7. The van der Waals surface area contributed by atoms with Gasteiger partial charge in [-0.2, -0.15) is 0 Å². The van der Waals surface area contributed by atoms with E-state index >= 15 is 0 Å². The molecule has 27 heavy (non-hydrogen) atoms. The maximum absolute atomic E-state index is 12.3. The molecule has 0 aliphatic carbocycles. The van der Waals surface area contributed by atoms with E-state index in [4.69, 9.17) is 17.4 Å². The Kier molecular flexibility index (Phi) is 6.08. The van der Waals surface area contributed by atoms with Crippen LogP contribution in [0, 0.1) is 13.8 Å². The van der Waals surface area contributed by atoms with Gasteiger partial charge < -0.3 is 11.2 Å². The van der Waals surface area contributed by atoms with Crippen molar-refractivity contribution in [1.29, 1.82) is 0 Å². The fraction of sp³-hybridized carbons (Fsp3) is 0.167. The van der Waals surface area contributed by atoms with Gasteiger partial charge in [0.2, 0.25) is 11.1 Å². The molecule has 140 valence electrons. The van der Waals surface area contributed by atoms with Crippen molar-refractivity contribution in [2.75, 3.05) is 16.9 Å². The number of anilines is 1. The summed E-state index contributed by atoms with van der Waals surface area (Å²) >= 11 is 10.6. The van der Waals surface area contributed by atoms with Crippen molar-refractivity contribution in [3.63, 3.8) is 0 Å². The number of thioether (sulfide) groups is 1. The second-order valence-corrected chi connectivity index (χ2v) is 8.10. The van der Waals surface area contributed by atoms with Gasteiger partial charge in [-0.3, -0.25) is 4.79 Å². The molecule has 0 fully saturated rings. The number of halogens is 2. The van der Waals surface area contributed by atoms with Crippen molar-refractivity contribution in [1.82, 2.24) is 14.9 Å². The fourth-order valence-corrected chi connectivity index (χ4v) is 3.62. The molecule has 0 saturated carbocycles. The van der Waals surface area contributed by atoms with E-state index in [1.54, 1.807) is 12.1 Å². The molecule has 3 rings (SSSR count). The summed E-state index contributed by atoms with van der Waals surface area (Å²) < 4.78 is 2.38. The normalized spacial score (nSPS) is 10.8. The number of benzene rings is 2. The molecule has 0 aliphatic heterocycles. The first kappa shape index (κ1) is 19.7. The summed E-state index contributed by atoms with van der Waals surface area (Å²) in [6.07, 6.45) is 0. The van der Waals surface area contributed by atoms with Crippen molar-refractivity contribution >= 4 is 50.9 Å². The summed E-state index contributed by atoms with van der Waals surface area (Å²) in [5.74, 6) is 6.62. The van der Waals surface area contributed by atoms with E-state index < -0.39 is 0 Å². The van der Waals surface area contributed by atoms with Crippen LogP contribution >= 0.6 is 39.3 Å². The number of rotatable bonds is 5. The van der Waals surface area contributed by atoms with Crippen LogP contribution in [0.25, 0.3) is 11.4 Å². The number of hydrogen-bond acceptors (Lipinski definition) is 5. The molecule has 1 heterocycles. The number of carbonyl (C=O) groups is 1. The highest BCUT2D eigenvalue weighted by molar-refractivity contribution is 9.10. The molecular formula is C18H17BrClN5OS. The molecule has 0 bridgehead atoms. The summed E-state index contributed by atoms with van der Waals surface area (Å²) in [5, 5.41) is 12.2.